The maximum atomic E-state index is 12.9. The number of benzene rings is 3. The number of halogens is 1. The van der Waals surface area contributed by atoms with Gasteiger partial charge in [-0.05, 0) is 65.4 Å². The third-order valence-electron chi connectivity index (χ3n) is 5.15. The molecule has 9 heteroatoms. The van der Waals surface area contributed by atoms with E-state index in [2.05, 4.69) is 20.9 Å². The van der Waals surface area contributed by atoms with Gasteiger partial charge in [-0.3, -0.25) is 9.69 Å². The van der Waals surface area contributed by atoms with E-state index >= 15 is 0 Å². The van der Waals surface area contributed by atoms with E-state index in [9.17, 15) is 9.59 Å². The van der Waals surface area contributed by atoms with Crippen LogP contribution in [0.15, 0.2) is 81.1 Å². The highest BCUT2D eigenvalue weighted by Gasteiger charge is 2.30. The van der Waals surface area contributed by atoms with Gasteiger partial charge >= 0.3 is 5.97 Å². The molecule has 0 aromatic heterocycles. The number of thioether (sulfide) groups is 1. The highest BCUT2D eigenvalue weighted by molar-refractivity contribution is 9.10. The summed E-state index contributed by atoms with van der Waals surface area (Å²) in [6.07, 6.45) is 1.77. The van der Waals surface area contributed by atoms with Crippen LogP contribution >= 0.6 is 27.7 Å². The van der Waals surface area contributed by atoms with Gasteiger partial charge in [0.15, 0.2) is 16.7 Å². The fourth-order valence-corrected chi connectivity index (χ4v) is 4.67. The Kier molecular flexibility index (Phi) is 7.57. The lowest BCUT2D eigenvalue weighted by atomic mass is 10.1. The van der Waals surface area contributed by atoms with E-state index in [0.717, 1.165) is 15.6 Å². The number of carboxylic acids is 1. The van der Waals surface area contributed by atoms with Crippen LogP contribution in [0.3, 0.4) is 0 Å². The molecule has 1 aliphatic rings. The first-order valence-corrected chi connectivity index (χ1v) is 12.1. The van der Waals surface area contributed by atoms with Crippen molar-refractivity contribution >= 4 is 56.5 Å². The second-order valence-corrected chi connectivity index (χ2v) is 9.38. The fourth-order valence-electron chi connectivity index (χ4n) is 3.25. The van der Waals surface area contributed by atoms with Gasteiger partial charge in [0.2, 0.25) is 0 Å². The summed E-state index contributed by atoms with van der Waals surface area (Å²) in [5, 5.41) is 9.55. The van der Waals surface area contributed by atoms with Crippen molar-refractivity contribution in [1.29, 1.82) is 0 Å². The first kappa shape index (κ1) is 24.6. The van der Waals surface area contributed by atoms with Crippen molar-refractivity contribution in [2.24, 2.45) is 4.99 Å². The molecular formula is C26H21BrN2O5S. The lowest BCUT2D eigenvalue weighted by Crippen LogP contribution is -2.23. The van der Waals surface area contributed by atoms with E-state index in [4.69, 9.17) is 14.6 Å². The highest BCUT2D eigenvalue weighted by atomic mass is 79.9. The van der Waals surface area contributed by atoms with Crippen LogP contribution in [-0.2, 0) is 11.4 Å². The van der Waals surface area contributed by atoms with Crippen LogP contribution in [0.5, 0.6) is 11.5 Å². The summed E-state index contributed by atoms with van der Waals surface area (Å²) in [6.45, 7) is 0.399. The Hall–Kier alpha value is -3.56. The average molecular weight is 553 g/mol. The summed E-state index contributed by atoms with van der Waals surface area (Å²) < 4.78 is 12.2. The summed E-state index contributed by atoms with van der Waals surface area (Å²) >= 11 is 4.81. The number of methoxy groups -OCH3 is 1. The molecule has 7 nitrogen and oxygen atoms in total. The van der Waals surface area contributed by atoms with E-state index < -0.39 is 5.97 Å². The summed E-state index contributed by atoms with van der Waals surface area (Å²) in [5.74, 6) is -0.0622. The molecule has 178 valence electrons. The molecule has 0 saturated carbocycles. The Labute approximate surface area is 215 Å². The monoisotopic (exact) mass is 552 g/mol. The second-order valence-electron chi connectivity index (χ2n) is 7.52. The van der Waals surface area contributed by atoms with Gasteiger partial charge in [-0.2, -0.15) is 0 Å². The number of amides is 1. The molecule has 35 heavy (non-hydrogen) atoms. The third kappa shape index (κ3) is 5.75. The molecule has 3 aromatic carbocycles. The van der Waals surface area contributed by atoms with Crippen molar-refractivity contribution in [2.75, 3.05) is 14.2 Å². The molecule has 1 amide bonds. The van der Waals surface area contributed by atoms with E-state index in [-0.39, 0.29) is 11.5 Å². The van der Waals surface area contributed by atoms with Gasteiger partial charge in [-0.15, -0.1) is 0 Å². The molecule has 0 aliphatic carbocycles. The van der Waals surface area contributed by atoms with Gasteiger partial charge in [0.05, 0.1) is 23.3 Å². The zero-order chi connectivity index (χ0) is 24.9. The number of likely N-dealkylation sites (N-methyl/N-ethyl adjacent to an activating group) is 1. The van der Waals surface area contributed by atoms with Crippen LogP contribution in [0, 0.1) is 0 Å². The number of aliphatic imine (C=N–C) groups is 1. The predicted octanol–water partition coefficient (Wildman–Crippen LogP) is 5.97. The Morgan fingerprint density at radius 1 is 1.11 bits per heavy atom. The van der Waals surface area contributed by atoms with E-state index in [1.54, 1.807) is 32.4 Å². The van der Waals surface area contributed by atoms with Crippen LogP contribution in [0.2, 0.25) is 0 Å². The molecule has 1 aliphatic heterocycles. The minimum absolute atomic E-state index is 0.174. The zero-order valence-electron chi connectivity index (χ0n) is 18.9. The second kappa shape index (κ2) is 10.8. The van der Waals surface area contributed by atoms with Crippen molar-refractivity contribution in [1.82, 2.24) is 4.90 Å². The molecule has 1 N–H and O–H groups in total. The Morgan fingerprint density at radius 2 is 1.83 bits per heavy atom. The molecule has 3 aromatic rings. The van der Waals surface area contributed by atoms with Gasteiger partial charge in [0, 0.05) is 11.5 Å². The SMILES string of the molecule is COc1cc(/C=C2\SC(=Nc3ccc(C(=O)O)cc3)N(C)C2=O)c(Br)cc1OCc1ccccc1. The number of rotatable bonds is 7. The summed E-state index contributed by atoms with van der Waals surface area (Å²) in [6, 6.07) is 19.6. The summed E-state index contributed by atoms with van der Waals surface area (Å²) in [4.78, 5) is 30.4. The van der Waals surface area contributed by atoms with Gasteiger partial charge in [0.1, 0.15) is 6.61 Å². The maximum absolute atomic E-state index is 12.9. The number of nitrogens with zero attached hydrogens (tertiary/aromatic N) is 2. The smallest absolute Gasteiger partial charge is 0.335 e. The molecule has 1 heterocycles. The number of amidine groups is 1. The number of aromatic carboxylic acids is 1. The summed E-state index contributed by atoms with van der Waals surface area (Å²) in [7, 11) is 3.22. The first-order chi connectivity index (χ1) is 16.9. The maximum Gasteiger partial charge on any atom is 0.335 e. The third-order valence-corrected chi connectivity index (χ3v) is 6.90. The normalized spacial score (nSPS) is 15.6. The quantitative estimate of drug-likeness (QED) is 0.363. The van der Waals surface area contributed by atoms with Crippen LogP contribution < -0.4 is 9.47 Å². The Balaban J connectivity index is 1.56. The van der Waals surface area contributed by atoms with Crippen LogP contribution in [0.25, 0.3) is 6.08 Å². The van der Waals surface area contributed by atoms with Crippen LogP contribution in [0.1, 0.15) is 21.5 Å². The van der Waals surface area contributed by atoms with Crippen molar-refractivity contribution in [3.8, 4) is 11.5 Å². The molecule has 1 fully saturated rings. The number of ether oxygens (including phenoxy) is 2. The first-order valence-electron chi connectivity index (χ1n) is 10.5. The Bertz CT molecular complexity index is 1320. The largest absolute Gasteiger partial charge is 0.493 e. The van der Waals surface area contributed by atoms with Crippen molar-refractivity contribution in [3.05, 3.63) is 92.8 Å². The number of hydrogen-bond donors (Lipinski definition) is 1. The van der Waals surface area contributed by atoms with Gasteiger partial charge < -0.3 is 14.6 Å². The van der Waals surface area contributed by atoms with Gasteiger partial charge in [0.25, 0.3) is 5.91 Å². The number of carboxylic acid groups (broad SMARTS) is 1. The van der Waals surface area contributed by atoms with E-state index in [0.29, 0.717) is 33.9 Å². The predicted molar refractivity (Wildman–Crippen MR) is 140 cm³/mol. The van der Waals surface area contributed by atoms with Crippen LogP contribution in [-0.4, -0.2) is 41.2 Å². The summed E-state index contributed by atoms with van der Waals surface area (Å²) in [5.41, 5.74) is 2.52. The van der Waals surface area contributed by atoms with Crippen molar-refractivity contribution in [2.45, 2.75) is 6.61 Å². The van der Waals surface area contributed by atoms with Gasteiger partial charge in [-0.25, -0.2) is 9.79 Å². The molecule has 0 bridgehead atoms. The molecule has 0 atom stereocenters. The fraction of sp³-hybridized carbons (Fsp3) is 0.115. The molecular weight excluding hydrogens is 532 g/mol. The number of carbonyl (C=O) groups is 2. The molecule has 0 spiro atoms. The molecule has 0 radical (unpaired) electrons. The lowest BCUT2D eigenvalue weighted by molar-refractivity contribution is -0.121. The minimum atomic E-state index is -1.01. The zero-order valence-corrected chi connectivity index (χ0v) is 21.3. The molecule has 4 rings (SSSR count). The van der Waals surface area contributed by atoms with Crippen molar-refractivity contribution in [3.63, 3.8) is 0 Å². The topological polar surface area (TPSA) is 88.4 Å². The van der Waals surface area contributed by atoms with Gasteiger partial charge in [-0.1, -0.05) is 46.3 Å². The van der Waals surface area contributed by atoms with Crippen LogP contribution in [0.4, 0.5) is 5.69 Å². The minimum Gasteiger partial charge on any atom is -0.493 e. The number of carbonyl (C=O) groups excluding carboxylic acids is 1. The highest BCUT2D eigenvalue weighted by Crippen LogP contribution is 2.38. The Morgan fingerprint density at radius 3 is 2.49 bits per heavy atom. The average Bonchev–Trinajstić information content (AvgIpc) is 3.12. The standard InChI is InChI=1S/C26H21BrN2O5S/c1-29-24(30)23(35-26(29)28-19-10-8-17(9-11-19)25(31)32)13-18-12-21(33-2)22(14-20(18)27)34-15-16-6-4-3-5-7-16/h3-14H,15H2,1-2H3,(H,31,32)/b23-13-,28-26?. The molecule has 0 unspecified atom stereocenters. The number of hydrogen-bond acceptors (Lipinski definition) is 6. The van der Waals surface area contributed by atoms with E-state index in [1.807, 2.05) is 42.5 Å². The van der Waals surface area contributed by atoms with E-state index in [1.165, 1.54) is 28.8 Å². The van der Waals surface area contributed by atoms with Crippen molar-refractivity contribution < 1.29 is 24.2 Å². The lowest BCUT2D eigenvalue weighted by Gasteiger charge is -2.13. The molecule has 1 saturated heterocycles.